The van der Waals surface area contributed by atoms with Crippen LogP contribution in [0.4, 0.5) is 5.00 Å². The third-order valence-corrected chi connectivity index (χ3v) is 4.48. The molecule has 1 N–H and O–H groups in total. The zero-order chi connectivity index (χ0) is 21.4. The van der Waals surface area contributed by atoms with E-state index < -0.39 is 18.0 Å². The molecule has 1 heterocycles. The monoisotopic (exact) mass is 414 g/mol. The highest BCUT2D eigenvalue weighted by Crippen LogP contribution is 2.29. The number of rotatable bonds is 8. The molecule has 1 atom stereocenters. The summed E-state index contributed by atoms with van der Waals surface area (Å²) in [4.78, 5) is 24.2. The van der Waals surface area contributed by atoms with E-state index in [9.17, 15) is 9.59 Å². The van der Waals surface area contributed by atoms with Gasteiger partial charge in [0.05, 0.1) is 18.8 Å². The summed E-state index contributed by atoms with van der Waals surface area (Å²) in [6.07, 6.45) is 1.78. The molecule has 0 spiro atoms. The Morgan fingerprint density at radius 3 is 2.62 bits per heavy atom. The number of nitriles is 1. The Morgan fingerprint density at radius 1 is 1.21 bits per heavy atom. The molecule has 152 valence electrons. The number of hydrogen-bond donors (Lipinski definition) is 1. The number of amides is 1. The maximum atomic E-state index is 12.2. The number of nitrogens with one attached hydrogen (secondary N) is 1. The zero-order valence-electron chi connectivity index (χ0n) is 16.6. The van der Waals surface area contributed by atoms with Crippen LogP contribution in [0, 0.1) is 11.3 Å². The van der Waals surface area contributed by atoms with Crippen LogP contribution in [0.3, 0.4) is 0 Å². The topological polar surface area (TPSA) is 97.6 Å². The molecule has 0 aliphatic carbocycles. The Bertz CT molecular complexity index is 943. The minimum atomic E-state index is -1.02. The lowest BCUT2D eigenvalue weighted by atomic mass is 10.2. The maximum Gasteiger partial charge on any atom is 0.331 e. The number of nitrogens with zero attached hydrogens (tertiary/aromatic N) is 1. The Labute approximate surface area is 173 Å². The Hall–Kier alpha value is -3.31. The average Bonchev–Trinajstić information content (AvgIpc) is 3.13. The van der Waals surface area contributed by atoms with Gasteiger partial charge in [-0.1, -0.05) is 6.07 Å². The third-order valence-electron chi connectivity index (χ3n) is 3.65. The predicted octanol–water partition coefficient (Wildman–Crippen LogP) is 4.00. The van der Waals surface area contributed by atoms with Gasteiger partial charge in [-0.3, -0.25) is 4.79 Å². The van der Waals surface area contributed by atoms with Crippen LogP contribution in [-0.2, 0) is 14.3 Å². The normalized spacial score (nSPS) is 11.7. The van der Waals surface area contributed by atoms with Crippen molar-refractivity contribution in [2.24, 2.45) is 0 Å². The summed E-state index contributed by atoms with van der Waals surface area (Å²) in [7, 11) is 1.54. The number of ether oxygens (including phenoxy) is 3. The van der Waals surface area contributed by atoms with Crippen molar-refractivity contribution in [2.45, 2.75) is 33.0 Å². The van der Waals surface area contributed by atoms with E-state index in [1.54, 1.807) is 35.7 Å². The molecule has 8 heteroatoms. The molecule has 2 aromatic rings. The number of carbonyl (C=O) groups excluding carboxylic acids is 2. The first-order chi connectivity index (χ1) is 13.8. The van der Waals surface area contributed by atoms with Gasteiger partial charge in [0, 0.05) is 6.08 Å². The third kappa shape index (κ3) is 6.36. The highest BCUT2D eigenvalue weighted by Gasteiger charge is 2.18. The first-order valence-corrected chi connectivity index (χ1v) is 9.73. The fourth-order valence-electron chi connectivity index (χ4n) is 2.28. The quantitative estimate of drug-likeness (QED) is 0.518. The van der Waals surface area contributed by atoms with E-state index in [0.29, 0.717) is 27.6 Å². The fourth-order valence-corrected chi connectivity index (χ4v) is 3.02. The van der Waals surface area contributed by atoms with E-state index in [-0.39, 0.29) is 6.10 Å². The zero-order valence-corrected chi connectivity index (χ0v) is 17.4. The molecule has 0 saturated heterocycles. The summed E-state index contributed by atoms with van der Waals surface area (Å²) in [6.45, 7) is 5.29. The van der Waals surface area contributed by atoms with Crippen LogP contribution in [0.5, 0.6) is 11.5 Å². The van der Waals surface area contributed by atoms with Gasteiger partial charge < -0.3 is 19.5 Å². The first-order valence-electron chi connectivity index (χ1n) is 8.86. The number of carbonyl (C=O) groups is 2. The molecule has 0 saturated carbocycles. The molecule has 1 amide bonds. The molecule has 1 aromatic carbocycles. The van der Waals surface area contributed by atoms with Crippen molar-refractivity contribution in [3.05, 3.63) is 46.8 Å². The summed E-state index contributed by atoms with van der Waals surface area (Å²) >= 11 is 1.22. The van der Waals surface area contributed by atoms with E-state index in [2.05, 4.69) is 5.32 Å². The van der Waals surface area contributed by atoms with E-state index >= 15 is 0 Å². The Kier molecular flexibility index (Phi) is 7.80. The van der Waals surface area contributed by atoms with E-state index in [4.69, 9.17) is 19.5 Å². The van der Waals surface area contributed by atoms with Crippen LogP contribution in [-0.4, -0.2) is 31.2 Å². The van der Waals surface area contributed by atoms with Gasteiger partial charge in [0.15, 0.2) is 17.6 Å². The van der Waals surface area contributed by atoms with Crippen molar-refractivity contribution in [3.8, 4) is 17.6 Å². The number of benzene rings is 1. The SMILES string of the molecule is COc1cc(/C=C/C(=O)O[C@H](C)C(=O)Nc2sccc2C#N)ccc1OC(C)C. The first kappa shape index (κ1) is 22.0. The second-order valence-corrected chi connectivity index (χ2v) is 7.17. The number of hydrogen-bond acceptors (Lipinski definition) is 7. The predicted molar refractivity (Wildman–Crippen MR) is 111 cm³/mol. The smallest absolute Gasteiger partial charge is 0.331 e. The molecule has 0 unspecified atom stereocenters. The molecule has 29 heavy (non-hydrogen) atoms. The summed E-state index contributed by atoms with van der Waals surface area (Å²) in [5.74, 6) is -0.0209. The average molecular weight is 414 g/mol. The number of methoxy groups -OCH3 is 1. The second kappa shape index (κ2) is 10.3. The van der Waals surface area contributed by atoms with Gasteiger partial charge in [0.2, 0.25) is 0 Å². The van der Waals surface area contributed by atoms with Crippen molar-refractivity contribution in [1.82, 2.24) is 0 Å². The van der Waals surface area contributed by atoms with E-state index in [0.717, 1.165) is 0 Å². The molecule has 2 rings (SSSR count). The molecular formula is C21H22N2O5S. The molecule has 1 aromatic heterocycles. The number of thiophene rings is 1. The molecule has 7 nitrogen and oxygen atoms in total. The van der Waals surface area contributed by atoms with Crippen LogP contribution < -0.4 is 14.8 Å². The summed E-state index contributed by atoms with van der Waals surface area (Å²) in [5.41, 5.74) is 1.07. The molecule has 0 fully saturated rings. The van der Waals surface area contributed by atoms with Gasteiger partial charge in [-0.15, -0.1) is 11.3 Å². The van der Waals surface area contributed by atoms with Crippen molar-refractivity contribution in [1.29, 1.82) is 5.26 Å². The second-order valence-electron chi connectivity index (χ2n) is 6.25. The lowest BCUT2D eigenvalue weighted by Gasteiger charge is -2.14. The minimum Gasteiger partial charge on any atom is -0.493 e. The van der Waals surface area contributed by atoms with Gasteiger partial charge in [0.1, 0.15) is 11.1 Å². The molecule has 0 aliphatic rings. The van der Waals surface area contributed by atoms with Crippen molar-refractivity contribution in [3.63, 3.8) is 0 Å². The van der Waals surface area contributed by atoms with E-state index in [1.165, 1.54) is 31.4 Å². The van der Waals surface area contributed by atoms with Gasteiger partial charge in [-0.2, -0.15) is 5.26 Å². The van der Waals surface area contributed by atoms with Crippen LogP contribution in [0.15, 0.2) is 35.7 Å². The standard InChI is InChI=1S/C21H22N2O5S/c1-13(2)27-17-7-5-15(11-18(17)26-4)6-8-19(24)28-14(3)20(25)23-21-16(12-22)9-10-29-21/h5-11,13-14H,1-4H3,(H,23,25)/b8-6+/t14-/m1/s1. The lowest BCUT2D eigenvalue weighted by Crippen LogP contribution is -2.29. The largest absolute Gasteiger partial charge is 0.493 e. The number of esters is 1. The van der Waals surface area contributed by atoms with Gasteiger partial charge in [-0.05, 0) is 56.0 Å². The fraction of sp³-hybridized carbons (Fsp3) is 0.286. The van der Waals surface area contributed by atoms with Gasteiger partial charge in [-0.25, -0.2) is 4.79 Å². The Balaban J connectivity index is 1.96. The summed E-state index contributed by atoms with van der Waals surface area (Å²) in [6, 6.07) is 8.85. The van der Waals surface area contributed by atoms with Crippen molar-refractivity contribution in [2.75, 3.05) is 12.4 Å². The van der Waals surface area contributed by atoms with Crippen molar-refractivity contribution >= 4 is 34.3 Å². The summed E-state index contributed by atoms with van der Waals surface area (Å²) < 4.78 is 16.1. The van der Waals surface area contributed by atoms with Crippen LogP contribution in [0.2, 0.25) is 0 Å². The molecule has 0 aliphatic heterocycles. The summed E-state index contributed by atoms with van der Waals surface area (Å²) in [5, 5.41) is 13.7. The Morgan fingerprint density at radius 2 is 1.97 bits per heavy atom. The highest BCUT2D eigenvalue weighted by molar-refractivity contribution is 7.14. The molecule has 0 bridgehead atoms. The van der Waals surface area contributed by atoms with Crippen LogP contribution in [0.25, 0.3) is 6.08 Å². The van der Waals surface area contributed by atoms with Crippen molar-refractivity contribution < 1.29 is 23.8 Å². The highest BCUT2D eigenvalue weighted by atomic mass is 32.1. The van der Waals surface area contributed by atoms with Gasteiger partial charge >= 0.3 is 5.97 Å². The van der Waals surface area contributed by atoms with Gasteiger partial charge in [0.25, 0.3) is 5.91 Å². The minimum absolute atomic E-state index is 0.00585. The molecular weight excluding hydrogens is 392 g/mol. The van der Waals surface area contributed by atoms with Crippen LogP contribution in [0.1, 0.15) is 31.9 Å². The van der Waals surface area contributed by atoms with E-state index in [1.807, 2.05) is 19.9 Å². The number of anilines is 1. The molecule has 0 radical (unpaired) electrons. The van der Waals surface area contributed by atoms with Crippen LogP contribution >= 0.6 is 11.3 Å². The lowest BCUT2D eigenvalue weighted by molar-refractivity contribution is -0.148. The maximum absolute atomic E-state index is 12.2.